The van der Waals surface area contributed by atoms with Crippen LogP contribution in [0.25, 0.3) is 93.8 Å². The predicted molar refractivity (Wildman–Crippen MR) is 192 cm³/mol. The number of aromatic nitrogens is 5. The molecule has 5 nitrogen and oxygen atoms in total. The van der Waals surface area contributed by atoms with Crippen molar-refractivity contribution in [2.75, 3.05) is 0 Å². The average molecular weight is 600 g/mol. The number of rotatable bonds is 3. The summed E-state index contributed by atoms with van der Waals surface area (Å²) < 4.78 is 2.02. The van der Waals surface area contributed by atoms with Crippen LogP contribution in [0, 0.1) is 0 Å². The second-order valence-corrected chi connectivity index (χ2v) is 11.9. The molecule has 0 atom stereocenters. The summed E-state index contributed by atoms with van der Waals surface area (Å²) in [5.41, 5.74) is 8.22. The van der Waals surface area contributed by atoms with E-state index in [2.05, 4.69) is 109 Å². The number of hydrogen-bond acceptors (Lipinski definition) is 4. The number of nitrogens with zero attached hydrogens (tertiary/aromatic N) is 5. The molecule has 0 unspecified atom stereocenters. The van der Waals surface area contributed by atoms with Crippen molar-refractivity contribution in [2.24, 2.45) is 0 Å². The highest BCUT2D eigenvalue weighted by molar-refractivity contribution is 6.25. The maximum absolute atomic E-state index is 5.20. The van der Waals surface area contributed by atoms with Crippen molar-refractivity contribution in [3.05, 3.63) is 152 Å². The Labute approximate surface area is 269 Å². The topological polar surface area (TPSA) is 56.0 Å². The molecule has 0 N–H and O–H groups in total. The number of benzene rings is 7. The van der Waals surface area contributed by atoms with E-state index in [1.807, 2.05) is 47.1 Å². The Balaban J connectivity index is 1.18. The summed E-state index contributed by atoms with van der Waals surface area (Å²) in [7, 11) is 0. The largest absolute Gasteiger partial charge is 0.279 e. The van der Waals surface area contributed by atoms with Gasteiger partial charge in [-0.2, -0.15) is 0 Å². The lowest BCUT2D eigenvalue weighted by Crippen LogP contribution is -1.97. The van der Waals surface area contributed by atoms with E-state index in [-0.39, 0.29) is 0 Å². The highest BCUT2D eigenvalue weighted by Crippen LogP contribution is 2.38. The molecule has 0 saturated heterocycles. The molecule has 0 aliphatic heterocycles. The molecule has 0 aliphatic carbocycles. The van der Waals surface area contributed by atoms with Crippen LogP contribution in [0.1, 0.15) is 0 Å². The fourth-order valence-electron chi connectivity index (χ4n) is 7.05. The van der Waals surface area contributed by atoms with Gasteiger partial charge in [-0.1, -0.05) is 121 Å². The molecule has 0 amide bonds. The third-order valence-corrected chi connectivity index (χ3v) is 9.25. The van der Waals surface area contributed by atoms with E-state index in [9.17, 15) is 0 Å². The summed E-state index contributed by atoms with van der Waals surface area (Å²) in [6.07, 6.45) is 1.83. The van der Waals surface area contributed by atoms with Crippen molar-refractivity contribution in [3.8, 4) is 33.8 Å². The highest BCUT2D eigenvalue weighted by atomic mass is 15.1. The Morgan fingerprint density at radius 1 is 0.404 bits per heavy atom. The Hall–Kier alpha value is -6.46. The number of para-hydroxylation sites is 1. The molecule has 7 aromatic carbocycles. The zero-order valence-electron chi connectivity index (χ0n) is 25.2. The lowest BCUT2D eigenvalue weighted by molar-refractivity contribution is 1.14. The minimum Gasteiger partial charge on any atom is -0.279 e. The molecule has 47 heavy (non-hydrogen) atoms. The van der Waals surface area contributed by atoms with Crippen LogP contribution in [0.3, 0.4) is 0 Å². The maximum Gasteiger partial charge on any atom is 0.183 e. The molecule has 10 aromatic rings. The second-order valence-electron chi connectivity index (χ2n) is 11.9. The van der Waals surface area contributed by atoms with Crippen LogP contribution in [0.4, 0.5) is 0 Å². The van der Waals surface area contributed by atoms with Gasteiger partial charge < -0.3 is 0 Å². The number of fused-ring (bicyclic) bond motifs is 11. The first-order chi connectivity index (χ1) is 23.3. The summed E-state index contributed by atoms with van der Waals surface area (Å²) in [6, 6.07) is 51.0. The van der Waals surface area contributed by atoms with Crippen molar-refractivity contribution < 1.29 is 0 Å². The van der Waals surface area contributed by atoms with E-state index in [4.69, 9.17) is 19.9 Å². The van der Waals surface area contributed by atoms with E-state index in [0.29, 0.717) is 11.5 Å². The molecule has 0 radical (unpaired) electrons. The third kappa shape index (κ3) is 3.97. The molecule has 0 saturated carbocycles. The van der Waals surface area contributed by atoms with Crippen molar-refractivity contribution in [2.45, 2.75) is 0 Å². The first-order valence-electron chi connectivity index (χ1n) is 15.7. The lowest BCUT2D eigenvalue weighted by atomic mass is 9.92. The van der Waals surface area contributed by atoms with Crippen LogP contribution in [0.15, 0.2) is 152 Å². The van der Waals surface area contributed by atoms with Gasteiger partial charge in [-0.3, -0.25) is 4.40 Å². The number of hydrogen-bond donors (Lipinski definition) is 0. The van der Waals surface area contributed by atoms with Gasteiger partial charge in [0.25, 0.3) is 0 Å². The van der Waals surface area contributed by atoms with E-state index in [1.54, 1.807) is 0 Å². The molecule has 0 spiro atoms. The molecule has 0 bridgehead atoms. The van der Waals surface area contributed by atoms with E-state index in [0.717, 1.165) is 50.0 Å². The average Bonchev–Trinajstić information content (AvgIpc) is 3.54. The van der Waals surface area contributed by atoms with Crippen LogP contribution in [0.2, 0.25) is 0 Å². The molecular weight excluding hydrogens is 574 g/mol. The molecule has 10 rings (SSSR count). The van der Waals surface area contributed by atoms with Gasteiger partial charge in [0.2, 0.25) is 0 Å². The molecule has 5 heteroatoms. The number of imidazole rings is 1. The molecule has 3 heterocycles. The monoisotopic (exact) mass is 599 g/mol. The normalized spacial score (nSPS) is 11.8. The van der Waals surface area contributed by atoms with Crippen molar-refractivity contribution >= 4 is 60.0 Å². The lowest BCUT2D eigenvalue weighted by Gasteiger charge is -2.12. The Kier molecular flexibility index (Phi) is 5.51. The van der Waals surface area contributed by atoms with Gasteiger partial charge in [0.1, 0.15) is 17.5 Å². The minimum absolute atomic E-state index is 0.635. The Bertz CT molecular complexity index is 2820. The molecular formula is C42H25N5. The SMILES string of the molecule is c1ccc(-c2nc(-c3cccc(-c4ccc5c6ccccc6c6ccccc6c5c4)c3)nc3nc4c5ccccc5ncn4c23)cc1. The molecule has 3 aromatic heterocycles. The van der Waals surface area contributed by atoms with Crippen molar-refractivity contribution in [1.82, 2.24) is 24.3 Å². The summed E-state index contributed by atoms with van der Waals surface area (Å²) in [5.74, 6) is 0.635. The molecule has 0 fully saturated rings. The van der Waals surface area contributed by atoms with E-state index < -0.39 is 0 Å². The van der Waals surface area contributed by atoms with Gasteiger partial charge in [0.05, 0.1) is 5.52 Å². The quantitative estimate of drug-likeness (QED) is 0.190. The van der Waals surface area contributed by atoms with Crippen LogP contribution in [-0.4, -0.2) is 24.3 Å². The van der Waals surface area contributed by atoms with Gasteiger partial charge >= 0.3 is 0 Å². The first-order valence-corrected chi connectivity index (χ1v) is 15.7. The zero-order chi connectivity index (χ0) is 30.9. The fourth-order valence-corrected chi connectivity index (χ4v) is 7.05. The molecule has 0 aliphatic rings. The van der Waals surface area contributed by atoms with Crippen molar-refractivity contribution in [3.63, 3.8) is 0 Å². The Morgan fingerprint density at radius 3 is 1.77 bits per heavy atom. The van der Waals surface area contributed by atoms with E-state index >= 15 is 0 Å². The second kappa shape index (κ2) is 10.0. The predicted octanol–water partition coefficient (Wildman–Crippen LogP) is 10.3. The smallest absolute Gasteiger partial charge is 0.183 e. The fraction of sp³-hybridized carbons (Fsp3) is 0. The van der Waals surface area contributed by atoms with Gasteiger partial charge in [-0.05, 0) is 67.7 Å². The summed E-state index contributed by atoms with van der Waals surface area (Å²) in [6.45, 7) is 0. The van der Waals surface area contributed by atoms with Gasteiger partial charge in [0.15, 0.2) is 17.1 Å². The van der Waals surface area contributed by atoms with Gasteiger partial charge in [-0.25, -0.2) is 19.9 Å². The van der Waals surface area contributed by atoms with Crippen LogP contribution < -0.4 is 0 Å². The van der Waals surface area contributed by atoms with Crippen LogP contribution in [-0.2, 0) is 0 Å². The van der Waals surface area contributed by atoms with Crippen LogP contribution in [0.5, 0.6) is 0 Å². The standard InChI is InChI=1S/C42H25N5/c1-2-11-26(12-3-1)38-39-41(46-42-35-19-8-9-20-37(35)43-25-47(39)42)45-40(44-38)29-14-10-13-27(23-29)28-21-22-34-32-17-5-4-15-30(32)31-16-6-7-18-33(31)36(34)24-28/h1-25H. The first kappa shape index (κ1) is 25.8. The van der Waals surface area contributed by atoms with Gasteiger partial charge in [-0.15, -0.1) is 0 Å². The summed E-state index contributed by atoms with van der Waals surface area (Å²) in [4.78, 5) is 20.0. The summed E-state index contributed by atoms with van der Waals surface area (Å²) >= 11 is 0. The van der Waals surface area contributed by atoms with E-state index in [1.165, 1.54) is 32.3 Å². The summed E-state index contributed by atoms with van der Waals surface area (Å²) in [5, 5.41) is 8.56. The highest BCUT2D eigenvalue weighted by Gasteiger charge is 2.19. The minimum atomic E-state index is 0.635. The van der Waals surface area contributed by atoms with Crippen LogP contribution >= 0.6 is 0 Å². The zero-order valence-corrected chi connectivity index (χ0v) is 25.2. The van der Waals surface area contributed by atoms with Crippen molar-refractivity contribution in [1.29, 1.82) is 0 Å². The third-order valence-electron chi connectivity index (χ3n) is 9.25. The Morgan fingerprint density at radius 2 is 1.00 bits per heavy atom. The molecule has 218 valence electrons. The maximum atomic E-state index is 5.20. The van der Waals surface area contributed by atoms with Gasteiger partial charge in [0, 0.05) is 16.5 Å².